The minimum absolute atomic E-state index is 1.03. The van der Waals surface area contributed by atoms with Crippen molar-refractivity contribution in [2.45, 2.75) is 13.8 Å². The van der Waals surface area contributed by atoms with Crippen LogP contribution < -0.4 is 8.38 Å². The number of hydrogen-bond acceptors (Lipinski definition) is 7. The summed E-state index contributed by atoms with van der Waals surface area (Å²) in [4.78, 5) is 2.84. The Kier molecular flexibility index (Phi) is 4.40. The van der Waals surface area contributed by atoms with E-state index in [2.05, 4.69) is 24.7 Å². The van der Waals surface area contributed by atoms with Crippen molar-refractivity contribution >= 4 is 90.4 Å². The minimum atomic E-state index is 1.03. The SMILES string of the molecule is CC1=C(C)SC(=c2sc(=S)c(=C3SC=CS3)s2)S1. The zero-order chi connectivity index (χ0) is 12.7. The lowest BCUT2D eigenvalue weighted by molar-refractivity contribution is 1.57. The van der Waals surface area contributed by atoms with Gasteiger partial charge in [-0.2, -0.15) is 0 Å². The molecule has 0 aromatic carbocycles. The monoisotopic (exact) mass is 364 g/mol. The van der Waals surface area contributed by atoms with E-state index in [1.807, 2.05) is 34.9 Å². The average Bonchev–Trinajstić information content (AvgIpc) is 3.01. The van der Waals surface area contributed by atoms with E-state index >= 15 is 0 Å². The van der Waals surface area contributed by atoms with Gasteiger partial charge in [0, 0.05) is 0 Å². The van der Waals surface area contributed by atoms with Crippen LogP contribution in [0, 0.1) is 3.82 Å². The van der Waals surface area contributed by atoms with Crippen LogP contribution in [-0.4, -0.2) is 0 Å². The summed E-state index contributed by atoms with van der Waals surface area (Å²) < 4.78 is 6.41. The zero-order valence-corrected chi connectivity index (χ0v) is 15.2. The highest BCUT2D eigenvalue weighted by Gasteiger charge is 2.16. The van der Waals surface area contributed by atoms with Crippen molar-refractivity contribution in [2.75, 3.05) is 0 Å². The lowest BCUT2D eigenvalue weighted by atomic mass is 10.6. The molecule has 0 amide bonds. The zero-order valence-electron chi connectivity index (χ0n) is 9.51. The summed E-state index contributed by atoms with van der Waals surface area (Å²) >= 11 is 16.5. The molecule has 18 heavy (non-hydrogen) atoms. The van der Waals surface area contributed by atoms with Gasteiger partial charge in [0.25, 0.3) is 0 Å². The van der Waals surface area contributed by atoms with E-state index in [0.29, 0.717) is 0 Å². The number of thioether (sulfide) groups is 4. The number of rotatable bonds is 0. The standard InChI is InChI=1S/C11H8S7/c1-5-6(2)16-10(15-5)11-17-7(8(12)18-11)9-13-3-4-14-9/h3-4H,1-2H3. The molecule has 94 valence electrons. The highest BCUT2D eigenvalue weighted by molar-refractivity contribution is 8.36. The minimum Gasteiger partial charge on any atom is -0.119 e. The molecule has 7 heteroatoms. The smallest absolute Gasteiger partial charge is 0.110 e. The van der Waals surface area contributed by atoms with Crippen molar-refractivity contribution in [3.8, 4) is 0 Å². The Morgan fingerprint density at radius 2 is 1.50 bits per heavy atom. The van der Waals surface area contributed by atoms with Gasteiger partial charge in [0.1, 0.15) is 7.67 Å². The summed E-state index contributed by atoms with van der Waals surface area (Å²) in [6.45, 7) is 4.38. The van der Waals surface area contributed by atoms with Gasteiger partial charge in [-0.25, -0.2) is 0 Å². The van der Waals surface area contributed by atoms with E-state index < -0.39 is 0 Å². The molecule has 0 saturated heterocycles. The van der Waals surface area contributed by atoms with E-state index in [9.17, 15) is 0 Å². The van der Waals surface area contributed by atoms with Crippen LogP contribution in [0.1, 0.15) is 13.8 Å². The summed E-state index contributed by atoms with van der Waals surface area (Å²) in [5.74, 6) is 0. The van der Waals surface area contributed by atoms with Crippen molar-refractivity contribution < 1.29 is 0 Å². The lowest BCUT2D eigenvalue weighted by Gasteiger charge is -1.90. The molecule has 3 rings (SSSR count). The Hall–Kier alpha value is 0.890. The third-order valence-corrected chi connectivity index (χ3v) is 10.8. The highest BCUT2D eigenvalue weighted by atomic mass is 32.2. The Morgan fingerprint density at radius 1 is 0.889 bits per heavy atom. The summed E-state index contributed by atoms with van der Waals surface area (Å²) in [6.07, 6.45) is 0. The maximum absolute atomic E-state index is 5.51. The van der Waals surface area contributed by atoms with Crippen LogP contribution in [0.25, 0.3) is 8.47 Å². The maximum Gasteiger partial charge on any atom is 0.110 e. The van der Waals surface area contributed by atoms with E-state index in [1.165, 1.54) is 26.7 Å². The van der Waals surface area contributed by atoms with Crippen molar-refractivity contribution in [1.82, 2.24) is 0 Å². The third kappa shape index (κ3) is 2.68. The van der Waals surface area contributed by atoms with Crippen LogP contribution in [-0.2, 0) is 0 Å². The summed E-state index contributed by atoms with van der Waals surface area (Å²) in [7, 11) is 0. The molecule has 0 bridgehead atoms. The van der Waals surface area contributed by atoms with Crippen LogP contribution in [0.5, 0.6) is 0 Å². The van der Waals surface area contributed by atoms with Gasteiger partial charge in [-0.05, 0) is 34.5 Å². The van der Waals surface area contributed by atoms with Gasteiger partial charge in [-0.15, -0.1) is 22.7 Å². The fourth-order valence-electron chi connectivity index (χ4n) is 1.33. The van der Waals surface area contributed by atoms with Gasteiger partial charge in [-0.1, -0.05) is 59.3 Å². The fourth-order valence-corrected chi connectivity index (χ4v) is 9.41. The topological polar surface area (TPSA) is 0 Å². The Bertz CT molecular complexity index is 702. The second kappa shape index (κ2) is 5.71. The van der Waals surface area contributed by atoms with Gasteiger partial charge < -0.3 is 0 Å². The average molecular weight is 365 g/mol. The van der Waals surface area contributed by atoms with Crippen molar-refractivity contribution in [3.63, 3.8) is 0 Å². The third-order valence-electron chi connectivity index (χ3n) is 2.31. The summed E-state index contributed by atoms with van der Waals surface area (Å²) in [5.41, 5.74) is 0. The van der Waals surface area contributed by atoms with Gasteiger partial charge >= 0.3 is 0 Å². The van der Waals surface area contributed by atoms with Gasteiger partial charge in [0.2, 0.25) is 0 Å². The molecule has 2 aliphatic rings. The van der Waals surface area contributed by atoms with Crippen LogP contribution in [0.4, 0.5) is 0 Å². The van der Waals surface area contributed by atoms with Gasteiger partial charge in [0.05, 0.1) is 13.0 Å². The van der Waals surface area contributed by atoms with Crippen molar-refractivity contribution in [1.29, 1.82) is 0 Å². The molecule has 1 aromatic rings. The molecular weight excluding hydrogens is 357 g/mol. The van der Waals surface area contributed by atoms with E-state index in [4.69, 9.17) is 12.2 Å². The fraction of sp³-hybridized carbons (Fsp3) is 0.182. The first kappa shape index (κ1) is 13.9. The quantitative estimate of drug-likeness (QED) is 0.567. The molecule has 0 spiro atoms. The molecule has 1 aromatic heterocycles. The van der Waals surface area contributed by atoms with Crippen molar-refractivity contribution in [3.05, 3.63) is 32.8 Å². The van der Waals surface area contributed by atoms with Crippen LogP contribution in [0.2, 0.25) is 0 Å². The van der Waals surface area contributed by atoms with Crippen LogP contribution in [0.3, 0.4) is 0 Å². The molecule has 0 N–H and O–H groups in total. The molecule has 0 unspecified atom stereocenters. The normalized spacial score (nSPS) is 19.4. The molecular formula is C11H8S7. The van der Waals surface area contributed by atoms with Crippen LogP contribution >= 0.6 is 81.9 Å². The second-order valence-corrected chi connectivity index (χ2v) is 11.3. The Morgan fingerprint density at radius 3 is 2.11 bits per heavy atom. The largest absolute Gasteiger partial charge is 0.119 e. The molecule has 0 nitrogen and oxygen atoms in total. The first-order valence-corrected chi connectivity index (χ1v) is 10.5. The maximum atomic E-state index is 5.51. The summed E-state index contributed by atoms with van der Waals surface area (Å²) in [5, 5.41) is 4.25. The molecule has 0 radical (unpaired) electrons. The number of allylic oxidation sites excluding steroid dienone is 2. The first-order valence-electron chi connectivity index (χ1n) is 5.05. The first-order chi connectivity index (χ1) is 8.65. The molecule has 0 aliphatic carbocycles. The Labute approximate surface area is 136 Å². The molecule has 2 aliphatic heterocycles. The van der Waals surface area contributed by atoms with E-state index in [-0.39, 0.29) is 0 Å². The van der Waals surface area contributed by atoms with Crippen LogP contribution in [0.15, 0.2) is 20.6 Å². The predicted octanol–water partition coefficient (Wildman–Crippen LogP) is 5.35. The molecule has 0 fully saturated rings. The van der Waals surface area contributed by atoms with Gasteiger partial charge in [0.15, 0.2) is 0 Å². The van der Waals surface area contributed by atoms with E-state index in [0.717, 1.165) is 3.82 Å². The lowest BCUT2D eigenvalue weighted by Crippen LogP contribution is -1.95. The van der Waals surface area contributed by atoms with Crippen molar-refractivity contribution in [2.24, 2.45) is 0 Å². The second-order valence-electron chi connectivity index (χ2n) is 3.51. The van der Waals surface area contributed by atoms with E-state index in [1.54, 1.807) is 34.9 Å². The molecule has 3 heterocycles. The Balaban J connectivity index is 2.13. The number of hydrogen-bond donors (Lipinski definition) is 0. The molecule has 0 atom stereocenters. The highest BCUT2D eigenvalue weighted by Crippen LogP contribution is 2.49. The molecule has 0 saturated carbocycles. The predicted molar refractivity (Wildman–Crippen MR) is 97.0 cm³/mol. The summed E-state index contributed by atoms with van der Waals surface area (Å²) in [6, 6.07) is 0. The van der Waals surface area contributed by atoms with Gasteiger partial charge in [-0.3, -0.25) is 0 Å².